The molecule has 3 heteroatoms. The summed E-state index contributed by atoms with van der Waals surface area (Å²) >= 11 is 0. The molecule has 0 bridgehead atoms. The molecule has 0 spiro atoms. The van der Waals surface area contributed by atoms with Gasteiger partial charge >= 0.3 is 0 Å². The Balaban J connectivity index is 1.45. The molecular formula is C20H28N2O. The average Bonchev–Trinajstić information content (AvgIpc) is 2.90. The molecule has 1 aromatic rings. The standard InChI is InChI=1S/C20H28N2O/c23-20-10-5-13-22(20)17-11-14-21(15-12-17)19-9-4-2-7-16-6-1-3-8-18(16)19/h1,3,6,8,17,19H,2,4-5,7,9-15H2/t19-/m1/s1. The fourth-order valence-corrected chi connectivity index (χ4v) is 4.84. The number of hydrogen-bond donors (Lipinski definition) is 0. The molecule has 2 saturated heterocycles. The number of benzene rings is 1. The van der Waals surface area contributed by atoms with Gasteiger partial charge in [-0.3, -0.25) is 9.69 Å². The van der Waals surface area contributed by atoms with E-state index in [0.717, 1.165) is 45.3 Å². The molecule has 1 amide bonds. The van der Waals surface area contributed by atoms with Gasteiger partial charge in [0.05, 0.1) is 0 Å². The molecule has 4 rings (SSSR count). The number of carbonyl (C=O) groups excluding carboxylic acids is 1. The fourth-order valence-electron chi connectivity index (χ4n) is 4.84. The Morgan fingerprint density at radius 3 is 2.48 bits per heavy atom. The minimum absolute atomic E-state index is 0.392. The maximum absolute atomic E-state index is 12.0. The number of carbonyl (C=O) groups is 1. The number of amides is 1. The largest absolute Gasteiger partial charge is 0.340 e. The zero-order valence-corrected chi connectivity index (χ0v) is 14.0. The van der Waals surface area contributed by atoms with E-state index in [1.54, 1.807) is 11.1 Å². The Morgan fingerprint density at radius 1 is 0.870 bits per heavy atom. The highest BCUT2D eigenvalue weighted by molar-refractivity contribution is 5.78. The van der Waals surface area contributed by atoms with Crippen molar-refractivity contribution in [1.29, 1.82) is 0 Å². The number of nitrogens with zero attached hydrogens (tertiary/aromatic N) is 2. The summed E-state index contributed by atoms with van der Waals surface area (Å²) in [6.45, 7) is 3.29. The topological polar surface area (TPSA) is 23.6 Å². The van der Waals surface area contributed by atoms with E-state index in [1.165, 1.54) is 25.7 Å². The second-order valence-electron chi connectivity index (χ2n) is 7.42. The van der Waals surface area contributed by atoms with Crippen molar-refractivity contribution in [2.24, 2.45) is 0 Å². The van der Waals surface area contributed by atoms with Crippen molar-refractivity contribution < 1.29 is 4.79 Å². The van der Waals surface area contributed by atoms with Crippen LogP contribution in [0.25, 0.3) is 0 Å². The monoisotopic (exact) mass is 312 g/mol. The summed E-state index contributed by atoms with van der Waals surface area (Å²) in [6.07, 6.45) is 9.35. The molecule has 0 aromatic heterocycles. The minimum Gasteiger partial charge on any atom is -0.340 e. The van der Waals surface area contributed by atoms with E-state index in [2.05, 4.69) is 34.1 Å². The molecule has 2 aliphatic heterocycles. The van der Waals surface area contributed by atoms with Crippen LogP contribution in [0.1, 0.15) is 62.1 Å². The van der Waals surface area contributed by atoms with E-state index < -0.39 is 0 Å². The molecule has 0 N–H and O–H groups in total. The van der Waals surface area contributed by atoms with Crippen LogP contribution >= 0.6 is 0 Å². The van der Waals surface area contributed by atoms with Gasteiger partial charge in [0.1, 0.15) is 0 Å². The molecule has 0 unspecified atom stereocenters. The third-order valence-electron chi connectivity index (χ3n) is 6.08. The maximum Gasteiger partial charge on any atom is 0.222 e. The van der Waals surface area contributed by atoms with Gasteiger partial charge in [0.2, 0.25) is 5.91 Å². The molecule has 3 nitrogen and oxygen atoms in total. The second kappa shape index (κ2) is 6.64. The van der Waals surface area contributed by atoms with Crippen LogP contribution in [0, 0.1) is 0 Å². The lowest BCUT2D eigenvalue weighted by molar-refractivity contribution is -0.130. The highest BCUT2D eigenvalue weighted by Crippen LogP contribution is 2.35. The molecule has 1 aromatic carbocycles. The summed E-state index contributed by atoms with van der Waals surface area (Å²) in [4.78, 5) is 16.8. The predicted molar refractivity (Wildman–Crippen MR) is 92.3 cm³/mol. The van der Waals surface area contributed by atoms with E-state index in [1.807, 2.05) is 0 Å². The summed E-state index contributed by atoms with van der Waals surface area (Å²) < 4.78 is 0. The van der Waals surface area contributed by atoms with Crippen LogP contribution in [0.3, 0.4) is 0 Å². The van der Waals surface area contributed by atoms with Crippen molar-refractivity contribution in [3.05, 3.63) is 35.4 Å². The SMILES string of the molecule is O=C1CCCN1C1CCN([C@@H]2CCCCc3ccccc32)CC1. The van der Waals surface area contributed by atoms with Crippen LogP contribution in [-0.4, -0.2) is 41.4 Å². The lowest BCUT2D eigenvalue weighted by atomic mass is 9.94. The molecule has 3 aliphatic rings. The third kappa shape index (κ3) is 3.03. The normalized spacial score (nSPS) is 27.0. The van der Waals surface area contributed by atoms with Crippen molar-refractivity contribution in [3.8, 4) is 0 Å². The first-order valence-corrected chi connectivity index (χ1v) is 9.44. The number of aryl methyl sites for hydroxylation is 1. The lowest BCUT2D eigenvalue weighted by Gasteiger charge is -2.40. The maximum atomic E-state index is 12.0. The molecule has 124 valence electrons. The van der Waals surface area contributed by atoms with Crippen LogP contribution in [-0.2, 0) is 11.2 Å². The van der Waals surface area contributed by atoms with Crippen molar-refractivity contribution in [2.45, 2.75) is 63.5 Å². The zero-order valence-electron chi connectivity index (χ0n) is 14.0. The summed E-state index contributed by atoms with van der Waals surface area (Å²) in [6, 6.07) is 10.2. The molecule has 2 heterocycles. The number of fused-ring (bicyclic) bond motifs is 1. The first-order valence-electron chi connectivity index (χ1n) is 9.44. The molecule has 2 fully saturated rings. The number of hydrogen-bond acceptors (Lipinski definition) is 2. The number of piperidine rings is 1. The first-order chi connectivity index (χ1) is 11.3. The van der Waals surface area contributed by atoms with Crippen molar-refractivity contribution in [1.82, 2.24) is 9.80 Å². The van der Waals surface area contributed by atoms with E-state index in [4.69, 9.17) is 0 Å². The Morgan fingerprint density at radius 2 is 1.70 bits per heavy atom. The molecule has 0 radical (unpaired) electrons. The van der Waals surface area contributed by atoms with Gasteiger partial charge in [-0.25, -0.2) is 0 Å². The average molecular weight is 312 g/mol. The molecule has 1 atom stereocenters. The molecule has 0 saturated carbocycles. The molecule has 1 aliphatic carbocycles. The van der Waals surface area contributed by atoms with E-state index in [0.29, 0.717) is 18.0 Å². The van der Waals surface area contributed by atoms with Crippen LogP contribution in [0.2, 0.25) is 0 Å². The van der Waals surface area contributed by atoms with Crippen molar-refractivity contribution >= 4 is 5.91 Å². The second-order valence-corrected chi connectivity index (χ2v) is 7.42. The fraction of sp³-hybridized carbons (Fsp3) is 0.650. The third-order valence-corrected chi connectivity index (χ3v) is 6.08. The van der Waals surface area contributed by atoms with E-state index in [9.17, 15) is 4.79 Å². The van der Waals surface area contributed by atoms with Crippen molar-refractivity contribution in [2.75, 3.05) is 19.6 Å². The van der Waals surface area contributed by atoms with E-state index in [-0.39, 0.29) is 0 Å². The van der Waals surface area contributed by atoms with Gasteiger partial charge in [0, 0.05) is 38.1 Å². The van der Waals surface area contributed by atoms with Gasteiger partial charge in [-0.2, -0.15) is 0 Å². The highest BCUT2D eigenvalue weighted by atomic mass is 16.2. The molecule has 23 heavy (non-hydrogen) atoms. The summed E-state index contributed by atoms with van der Waals surface area (Å²) in [5.74, 6) is 0.392. The van der Waals surface area contributed by atoms with Gasteiger partial charge in [-0.15, -0.1) is 0 Å². The smallest absolute Gasteiger partial charge is 0.222 e. The van der Waals surface area contributed by atoms with Gasteiger partial charge in [-0.1, -0.05) is 30.7 Å². The summed E-state index contributed by atoms with van der Waals surface area (Å²) in [5, 5.41) is 0. The van der Waals surface area contributed by atoms with Crippen LogP contribution in [0.4, 0.5) is 0 Å². The van der Waals surface area contributed by atoms with Gasteiger partial charge in [-0.05, 0) is 49.7 Å². The Bertz CT molecular complexity index is 563. The minimum atomic E-state index is 0.392. The highest BCUT2D eigenvalue weighted by Gasteiger charge is 2.33. The quantitative estimate of drug-likeness (QED) is 0.780. The van der Waals surface area contributed by atoms with Crippen LogP contribution in [0.5, 0.6) is 0 Å². The zero-order chi connectivity index (χ0) is 15.6. The van der Waals surface area contributed by atoms with Gasteiger partial charge in [0.15, 0.2) is 0 Å². The number of likely N-dealkylation sites (tertiary alicyclic amines) is 2. The number of rotatable bonds is 2. The lowest BCUT2D eigenvalue weighted by Crippen LogP contribution is -2.46. The van der Waals surface area contributed by atoms with Gasteiger partial charge in [0.25, 0.3) is 0 Å². The van der Waals surface area contributed by atoms with Crippen LogP contribution < -0.4 is 0 Å². The first kappa shape index (κ1) is 15.2. The summed E-state index contributed by atoms with van der Waals surface area (Å²) in [5.41, 5.74) is 3.13. The Kier molecular flexibility index (Phi) is 4.39. The van der Waals surface area contributed by atoms with Crippen LogP contribution in [0.15, 0.2) is 24.3 Å². The summed E-state index contributed by atoms with van der Waals surface area (Å²) in [7, 11) is 0. The van der Waals surface area contributed by atoms with E-state index >= 15 is 0 Å². The van der Waals surface area contributed by atoms with Crippen molar-refractivity contribution in [3.63, 3.8) is 0 Å². The Hall–Kier alpha value is -1.35. The van der Waals surface area contributed by atoms with Gasteiger partial charge < -0.3 is 4.90 Å². The Labute approximate surface area is 139 Å². The molecular weight excluding hydrogens is 284 g/mol. The predicted octanol–water partition coefficient (Wildman–Crippen LogP) is 3.54.